The van der Waals surface area contributed by atoms with Crippen molar-refractivity contribution in [2.45, 2.75) is 58.0 Å². The van der Waals surface area contributed by atoms with Crippen LogP contribution >= 0.6 is 0 Å². The summed E-state index contributed by atoms with van der Waals surface area (Å²) in [5.74, 6) is -0.171. The molecule has 2 N–H and O–H groups in total. The van der Waals surface area contributed by atoms with Crippen molar-refractivity contribution in [3.05, 3.63) is 94.0 Å². The van der Waals surface area contributed by atoms with Crippen molar-refractivity contribution in [1.29, 1.82) is 0 Å². The standard InChI is InChI=1S/C28H34N2O4S/c1-18-12-13-26(34-6)27(14-18)35(32,33)30-25(17-23-10-8-7-9-11-23)28(31)29-22(5)24-16-20(3)19(2)15-21(24)4/h7-16,22,25,30H,17H2,1-6H3,(H,29,31)/t22-,25+/m0/s1. The molecule has 186 valence electrons. The van der Waals surface area contributed by atoms with Crippen LogP contribution in [0.4, 0.5) is 0 Å². The van der Waals surface area contributed by atoms with Gasteiger partial charge in [0.15, 0.2) is 0 Å². The first-order valence-corrected chi connectivity index (χ1v) is 13.1. The number of hydrogen-bond donors (Lipinski definition) is 2. The lowest BCUT2D eigenvalue weighted by Gasteiger charge is -2.23. The van der Waals surface area contributed by atoms with E-state index in [0.29, 0.717) is 0 Å². The Hall–Kier alpha value is -3.16. The average Bonchev–Trinajstić information content (AvgIpc) is 2.81. The summed E-state index contributed by atoms with van der Waals surface area (Å²) in [4.78, 5) is 13.5. The van der Waals surface area contributed by atoms with E-state index in [1.807, 2.05) is 51.1 Å². The Kier molecular flexibility index (Phi) is 8.35. The second-order valence-electron chi connectivity index (χ2n) is 9.04. The second-order valence-corrected chi connectivity index (χ2v) is 10.7. The first-order valence-electron chi connectivity index (χ1n) is 11.6. The van der Waals surface area contributed by atoms with Crippen molar-refractivity contribution in [3.8, 4) is 5.75 Å². The maximum absolute atomic E-state index is 13.5. The van der Waals surface area contributed by atoms with E-state index in [1.54, 1.807) is 25.1 Å². The number of benzene rings is 3. The predicted molar refractivity (Wildman–Crippen MR) is 139 cm³/mol. The Morgan fingerprint density at radius 3 is 2.23 bits per heavy atom. The molecule has 3 aromatic carbocycles. The van der Waals surface area contributed by atoms with E-state index in [1.165, 1.54) is 12.7 Å². The lowest BCUT2D eigenvalue weighted by Crippen LogP contribution is -2.48. The van der Waals surface area contributed by atoms with Gasteiger partial charge in [0.1, 0.15) is 16.7 Å². The van der Waals surface area contributed by atoms with Gasteiger partial charge in [-0.05, 0) is 86.6 Å². The minimum atomic E-state index is -4.05. The number of carbonyl (C=O) groups excluding carboxylic acids is 1. The van der Waals surface area contributed by atoms with Crippen LogP contribution in [0, 0.1) is 27.7 Å². The summed E-state index contributed by atoms with van der Waals surface area (Å²) in [6, 6.07) is 17.2. The molecule has 0 aromatic heterocycles. The molecule has 0 saturated heterocycles. The third-order valence-corrected chi connectivity index (χ3v) is 7.71. The summed E-state index contributed by atoms with van der Waals surface area (Å²) in [5.41, 5.74) is 6.02. The molecular weight excluding hydrogens is 460 g/mol. The molecule has 0 saturated carbocycles. The van der Waals surface area contributed by atoms with Crippen molar-refractivity contribution in [2.75, 3.05) is 7.11 Å². The summed E-state index contributed by atoms with van der Waals surface area (Å²) >= 11 is 0. The quantitative estimate of drug-likeness (QED) is 0.452. The number of sulfonamides is 1. The van der Waals surface area contributed by atoms with Crippen molar-refractivity contribution < 1.29 is 17.9 Å². The van der Waals surface area contributed by atoms with Gasteiger partial charge in [-0.25, -0.2) is 8.42 Å². The van der Waals surface area contributed by atoms with Crippen LogP contribution < -0.4 is 14.8 Å². The highest BCUT2D eigenvalue weighted by atomic mass is 32.2. The van der Waals surface area contributed by atoms with Crippen LogP contribution in [-0.2, 0) is 21.2 Å². The van der Waals surface area contributed by atoms with Crippen LogP contribution in [0.3, 0.4) is 0 Å². The third kappa shape index (κ3) is 6.50. The van der Waals surface area contributed by atoms with Crippen LogP contribution in [-0.4, -0.2) is 27.5 Å². The average molecular weight is 495 g/mol. The number of hydrogen-bond acceptors (Lipinski definition) is 4. The zero-order valence-electron chi connectivity index (χ0n) is 21.2. The van der Waals surface area contributed by atoms with Crippen LogP contribution in [0.5, 0.6) is 5.75 Å². The first-order chi connectivity index (χ1) is 16.5. The zero-order chi connectivity index (χ0) is 25.8. The number of methoxy groups -OCH3 is 1. The summed E-state index contributed by atoms with van der Waals surface area (Å²) in [6.07, 6.45) is 0.207. The lowest BCUT2D eigenvalue weighted by molar-refractivity contribution is -0.123. The molecule has 0 fully saturated rings. The van der Waals surface area contributed by atoms with Gasteiger partial charge in [-0.3, -0.25) is 4.79 Å². The third-order valence-electron chi connectivity index (χ3n) is 6.21. The molecule has 0 aliphatic heterocycles. The number of rotatable bonds is 9. The summed E-state index contributed by atoms with van der Waals surface area (Å²) in [7, 11) is -2.62. The molecule has 0 spiro atoms. The fraction of sp³-hybridized carbons (Fsp3) is 0.321. The minimum Gasteiger partial charge on any atom is -0.495 e. The molecule has 0 radical (unpaired) electrons. The molecule has 6 nitrogen and oxygen atoms in total. The molecule has 0 heterocycles. The van der Waals surface area contributed by atoms with Gasteiger partial charge < -0.3 is 10.1 Å². The second kappa shape index (κ2) is 11.1. The van der Waals surface area contributed by atoms with Crippen molar-refractivity contribution in [1.82, 2.24) is 10.0 Å². The van der Waals surface area contributed by atoms with Crippen molar-refractivity contribution in [2.24, 2.45) is 0 Å². The molecule has 1 amide bonds. The molecule has 0 bridgehead atoms. The maximum atomic E-state index is 13.5. The molecule has 3 aromatic rings. The van der Waals surface area contributed by atoms with Crippen LogP contribution in [0.25, 0.3) is 0 Å². The van der Waals surface area contributed by atoms with E-state index in [0.717, 1.165) is 27.8 Å². The Balaban J connectivity index is 1.92. The highest BCUT2D eigenvalue weighted by Gasteiger charge is 2.29. The summed E-state index contributed by atoms with van der Waals surface area (Å²) in [5, 5.41) is 3.02. The molecular formula is C28H34N2O4S. The van der Waals surface area contributed by atoms with Gasteiger partial charge in [0, 0.05) is 0 Å². The Morgan fingerprint density at radius 1 is 0.914 bits per heavy atom. The van der Waals surface area contributed by atoms with E-state index in [9.17, 15) is 13.2 Å². The Morgan fingerprint density at radius 2 is 1.57 bits per heavy atom. The number of amides is 1. The van der Waals surface area contributed by atoms with Gasteiger partial charge in [-0.1, -0.05) is 48.5 Å². The highest BCUT2D eigenvalue weighted by Crippen LogP contribution is 2.26. The molecule has 7 heteroatoms. The number of ether oxygens (including phenoxy) is 1. The molecule has 0 aliphatic carbocycles. The maximum Gasteiger partial charge on any atom is 0.244 e. The largest absolute Gasteiger partial charge is 0.495 e. The van der Waals surface area contributed by atoms with E-state index in [-0.39, 0.29) is 23.1 Å². The van der Waals surface area contributed by atoms with Crippen LogP contribution in [0.1, 0.15) is 46.3 Å². The minimum absolute atomic E-state index is 0.00362. The van der Waals surface area contributed by atoms with Gasteiger partial charge >= 0.3 is 0 Å². The molecule has 2 atom stereocenters. The monoisotopic (exact) mass is 494 g/mol. The van der Waals surface area contributed by atoms with E-state index in [4.69, 9.17) is 4.74 Å². The SMILES string of the molecule is COc1ccc(C)cc1S(=O)(=O)N[C@H](Cc1ccccc1)C(=O)N[C@@H](C)c1cc(C)c(C)cc1C. The van der Waals surface area contributed by atoms with E-state index < -0.39 is 22.0 Å². The first kappa shape index (κ1) is 26.4. The summed E-state index contributed by atoms with van der Waals surface area (Å²) in [6.45, 7) is 9.82. The molecule has 3 rings (SSSR count). The molecule has 0 aliphatic rings. The number of aryl methyl sites for hydroxylation is 4. The number of carbonyl (C=O) groups is 1. The molecule has 35 heavy (non-hydrogen) atoms. The predicted octanol–water partition coefficient (Wildman–Crippen LogP) is 4.70. The fourth-order valence-electron chi connectivity index (χ4n) is 4.12. The van der Waals surface area contributed by atoms with Gasteiger partial charge in [0.05, 0.1) is 13.2 Å². The van der Waals surface area contributed by atoms with Gasteiger partial charge in [0.2, 0.25) is 15.9 Å². The number of nitrogens with one attached hydrogen (secondary N) is 2. The van der Waals surface area contributed by atoms with E-state index >= 15 is 0 Å². The van der Waals surface area contributed by atoms with Crippen molar-refractivity contribution in [3.63, 3.8) is 0 Å². The Bertz CT molecular complexity index is 1300. The smallest absolute Gasteiger partial charge is 0.244 e. The van der Waals surface area contributed by atoms with Gasteiger partial charge in [0.25, 0.3) is 0 Å². The van der Waals surface area contributed by atoms with Crippen LogP contribution in [0.15, 0.2) is 65.6 Å². The summed E-state index contributed by atoms with van der Waals surface area (Å²) < 4.78 is 34.7. The van der Waals surface area contributed by atoms with E-state index in [2.05, 4.69) is 29.1 Å². The zero-order valence-corrected chi connectivity index (χ0v) is 22.0. The van der Waals surface area contributed by atoms with Crippen molar-refractivity contribution >= 4 is 15.9 Å². The highest BCUT2D eigenvalue weighted by molar-refractivity contribution is 7.89. The van der Waals surface area contributed by atoms with Gasteiger partial charge in [-0.2, -0.15) is 4.72 Å². The lowest BCUT2D eigenvalue weighted by atomic mass is 9.96. The van der Waals surface area contributed by atoms with Gasteiger partial charge in [-0.15, -0.1) is 0 Å². The topological polar surface area (TPSA) is 84.5 Å². The normalized spacial score (nSPS) is 13.2. The molecule has 0 unspecified atom stereocenters. The Labute approximate surface area is 208 Å². The fourth-order valence-corrected chi connectivity index (χ4v) is 5.57. The van der Waals surface area contributed by atoms with Crippen LogP contribution in [0.2, 0.25) is 0 Å².